The zero-order valence-electron chi connectivity index (χ0n) is 13.4. The predicted molar refractivity (Wildman–Crippen MR) is 96.7 cm³/mol. The molecule has 0 aliphatic carbocycles. The van der Waals surface area contributed by atoms with Crippen LogP contribution in [0.5, 0.6) is 5.75 Å². The van der Waals surface area contributed by atoms with Crippen molar-refractivity contribution in [2.45, 2.75) is 32.5 Å². The summed E-state index contributed by atoms with van der Waals surface area (Å²) in [5.74, 6) is 1.11. The van der Waals surface area contributed by atoms with Crippen molar-refractivity contribution in [3.63, 3.8) is 0 Å². The Morgan fingerprint density at radius 3 is 2.48 bits per heavy atom. The van der Waals surface area contributed by atoms with Gasteiger partial charge >= 0.3 is 6.18 Å². The zero-order valence-corrected chi connectivity index (χ0v) is 15.7. The SMILES string of the molecule is CN=C(NCCC(F)(F)F)NCC(C)Oc1ccccc1C.I. The second kappa shape index (κ2) is 10.6. The van der Waals surface area contributed by atoms with E-state index in [0.717, 1.165) is 11.3 Å². The number of guanidine groups is 1. The summed E-state index contributed by atoms with van der Waals surface area (Å²) in [4.78, 5) is 3.88. The molecule has 0 heterocycles. The lowest BCUT2D eigenvalue weighted by Crippen LogP contribution is -2.42. The van der Waals surface area contributed by atoms with Crippen molar-refractivity contribution in [1.82, 2.24) is 10.6 Å². The van der Waals surface area contributed by atoms with Crippen LogP contribution < -0.4 is 15.4 Å². The minimum atomic E-state index is -4.17. The Labute approximate surface area is 151 Å². The molecule has 0 amide bonds. The highest BCUT2D eigenvalue weighted by atomic mass is 127. The van der Waals surface area contributed by atoms with Crippen molar-refractivity contribution in [1.29, 1.82) is 0 Å². The molecule has 0 aliphatic rings. The standard InChI is InChI=1S/C15H22F3N3O.HI/c1-11-6-4-5-7-13(11)22-12(2)10-21-14(19-3)20-9-8-15(16,17)18;/h4-7,12H,8-10H2,1-3H3,(H2,19,20,21);1H. The molecule has 0 aliphatic heterocycles. The van der Waals surface area contributed by atoms with Crippen LogP contribution in [0, 0.1) is 6.92 Å². The Hall–Kier alpha value is -1.19. The largest absolute Gasteiger partial charge is 0.489 e. The Morgan fingerprint density at radius 2 is 1.91 bits per heavy atom. The van der Waals surface area contributed by atoms with Gasteiger partial charge in [0.2, 0.25) is 0 Å². The van der Waals surface area contributed by atoms with Crippen LogP contribution >= 0.6 is 24.0 Å². The van der Waals surface area contributed by atoms with Crippen molar-refractivity contribution in [3.8, 4) is 5.75 Å². The maximum Gasteiger partial charge on any atom is 0.390 e. The van der Waals surface area contributed by atoms with Gasteiger partial charge in [-0.25, -0.2) is 0 Å². The van der Waals surface area contributed by atoms with Crippen molar-refractivity contribution >= 4 is 29.9 Å². The summed E-state index contributed by atoms with van der Waals surface area (Å²) < 4.78 is 42.0. The maximum atomic E-state index is 12.1. The van der Waals surface area contributed by atoms with E-state index in [4.69, 9.17) is 4.74 Å². The molecule has 1 unspecified atom stereocenters. The van der Waals surface area contributed by atoms with Gasteiger partial charge in [-0.05, 0) is 25.5 Å². The van der Waals surface area contributed by atoms with Crippen molar-refractivity contribution < 1.29 is 17.9 Å². The van der Waals surface area contributed by atoms with E-state index in [2.05, 4.69) is 15.6 Å². The van der Waals surface area contributed by atoms with E-state index in [9.17, 15) is 13.2 Å². The number of nitrogens with one attached hydrogen (secondary N) is 2. The topological polar surface area (TPSA) is 45.7 Å². The number of ether oxygens (including phenoxy) is 1. The molecule has 23 heavy (non-hydrogen) atoms. The molecule has 0 radical (unpaired) electrons. The molecule has 0 aromatic heterocycles. The number of aliphatic imine (C=N–C) groups is 1. The third-order valence-electron chi connectivity index (χ3n) is 2.90. The summed E-state index contributed by atoms with van der Waals surface area (Å²) in [7, 11) is 1.51. The van der Waals surface area contributed by atoms with Gasteiger partial charge in [-0.15, -0.1) is 24.0 Å². The average molecular weight is 445 g/mol. The normalized spacial score (nSPS) is 13.0. The van der Waals surface area contributed by atoms with Gasteiger partial charge in [0.25, 0.3) is 0 Å². The van der Waals surface area contributed by atoms with Gasteiger partial charge in [0.05, 0.1) is 13.0 Å². The summed E-state index contributed by atoms with van der Waals surface area (Å²) in [5, 5.41) is 5.56. The van der Waals surface area contributed by atoms with Gasteiger partial charge in [-0.3, -0.25) is 4.99 Å². The van der Waals surface area contributed by atoms with E-state index < -0.39 is 12.6 Å². The molecule has 0 saturated carbocycles. The maximum absolute atomic E-state index is 12.1. The average Bonchev–Trinajstić information content (AvgIpc) is 2.44. The number of benzene rings is 1. The lowest BCUT2D eigenvalue weighted by molar-refractivity contribution is -0.132. The smallest absolute Gasteiger partial charge is 0.390 e. The number of nitrogens with zero attached hydrogens (tertiary/aromatic N) is 1. The molecule has 132 valence electrons. The molecule has 2 N–H and O–H groups in total. The highest BCUT2D eigenvalue weighted by molar-refractivity contribution is 14.0. The molecule has 1 rings (SSSR count). The van der Waals surface area contributed by atoms with Crippen LogP contribution in [0.1, 0.15) is 18.9 Å². The van der Waals surface area contributed by atoms with Crippen LogP contribution in [0.2, 0.25) is 0 Å². The monoisotopic (exact) mass is 445 g/mol. The van der Waals surface area contributed by atoms with Crippen LogP contribution in [-0.4, -0.2) is 38.4 Å². The Bertz CT molecular complexity index is 495. The highest BCUT2D eigenvalue weighted by Crippen LogP contribution is 2.18. The van der Waals surface area contributed by atoms with Gasteiger partial charge < -0.3 is 15.4 Å². The zero-order chi connectivity index (χ0) is 16.6. The van der Waals surface area contributed by atoms with E-state index in [0.29, 0.717) is 12.5 Å². The molecule has 0 fully saturated rings. The number of aryl methyl sites for hydroxylation is 1. The van der Waals surface area contributed by atoms with Gasteiger partial charge in [-0.2, -0.15) is 13.2 Å². The predicted octanol–water partition coefficient (Wildman–Crippen LogP) is 3.50. The first-order valence-electron chi connectivity index (χ1n) is 7.05. The van der Waals surface area contributed by atoms with Gasteiger partial charge in [0.15, 0.2) is 5.96 Å². The van der Waals surface area contributed by atoms with Crippen LogP contribution in [-0.2, 0) is 0 Å². The molecule has 1 atom stereocenters. The van der Waals surface area contributed by atoms with Crippen LogP contribution in [0.25, 0.3) is 0 Å². The van der Waals surface area contributed by atoms with E-state index in [1.165, 1.54) is 7.05 Å². The van der Waals surface area contributed by atoms with Crippen molar-refractivity contribution in [3.05, 3.63) is 29.8 Å². The number of alkyl halides is 3. The second-order valence-corrected chi connectivity index (χ2v) is 4.94. The van der Waals surface area contributed by atoms with Crippen LogP contribution in [0.4, 0.5) is 13.2 Å². The van der Waals surface area contributed by atoms with Crippen LogP contribution in [0.3, 0.4) is 0 Å². The fraction of sp³-hybridized carbons (Fsp3) is 0.533. The van der Waals surface area contributed by atoms with Gasteiger partial charge in [0.1, 0.15) is 11.9 Å². The summed E-state index contributed by atoms with van der Waals surface area (Å²) >= 11 is 0. The lowest BCUT2D eigenvalue weighted by Gasteiger charge is -2.19. The molecule has 4 nitrogen and oxygen atoms in total. The Morgan fingerprint density at radius 1 is 1.26 bits per heavy atom. The Kier molecular flexibility index (Phi) is 10.0. The van der Waals surface area contributed by atoms with Crippen LogP contribution in [0.15, 0.2) is 29.3 Å². The van der Waals surface area contributed by atoms with E-state index in [1.54, 1.807) is 0 Å². The summed E-state index contributed by atoms with van der Waals surface area (Å²) in [5.41, 5.74) is 1.03. The molecule has 0 bridgehead atoms. The molecule has 8 heteroatoms. The number of para-hydroxylation sites is 1. The minimum absolute atomic E-state index is 0. The van der Waals surface area contributed by atoms with Gasteiger partial charge in [-0.1, -0.05) is 18.2 Å². The Balaban J connectivity index is 0.00000484. The van der Waals surface area contributed by atoms with E-state index >= 15 is 0 Å². The minimum Gasteiger partial charge on any atom is -0.489 e. The van der Waals surface area contributed by atoms with E-state index in [-0.39, 0.29) is 36.6 Å². The van der Waals surface area contributed by atoms with Gasteiger partial charge in [0, 0.05) is 13.6 Å². The first-order valence-corrected chi connectivity index (χ1v) is 7.05. The fourth-order valence-electron chi connectivity index (χ4n) is 1.73. The third kappa shape index (κ3) is 9.52. The summed E-state index contributed by atoms with van der Waals surface area (Å²) in [6, 6.07) is 7.65. The molecular formula is C15H23F3IN3O. The molecular weight excluding hydrogens is 422 g/mol. The van der Waals surface area contributed by atoms with Crippen molar-refractivity contribution in [2.24, 2.45) is 4.99 Å². The number of halogens is 4. The first-order chi connectivity index (χ1) is 10.3. The number of hydrogen-bond donors (Lipinski definition) is 2. The summed E-state index contributed by atoms with van der Waals surface area (Å²) in [6.45, 7) is 4.05. The quantitative estimate of drug-likeness (QED) is 0.401. The molecule has 1 aromatic carbocycles. The second-order valence-electron chi connectivity index (χ2n) is 4.94. The fourth-order valence-corrected chi connectivity index (χ4v) is 1.73. The highest BCUT2D eigenvalue weighted by Gasteiger charge is 2.26. The lowest BCUT2D eigenvalue weighted by atomic mass is 10.2. The number of rotatable bonds is 6. The molecule has 1 aromatic rings. The van der Waals surface area contributed by atoms with Crippen molar-refractivity contribution in [2.75, 3.05) is 20.1 Å². The summed E-state index contributed by atoms with van der Waals surface area (Å²) in [6.07, 6.45) is -5.22. The first kappa shape index (κ1) is 21.8. The number of hydrogen-bond acceptors (Lipinski definition) is 2. The van der Waals surface area contributed by atoms with E-state index in [1.807, 2.05) is 38.1 Å². The molecule has 0 saturated heterocycles. The third-order valence-corrected chi connectivity index (χ3v) is 2.90. The molecule has 0 spiro atoms.